The van der Waals surface area contributed by atoms with E-state index in [4.69, 9.17) is 5.26 Å². The second-order valence-electron chi connectivity index (χ2n) is 6.92. The van der Waals surface area contributed by atoms with E-state index in [9.17, 15) is 18.0 Å². The number of hydrogen-bond donors (Lipinski definition) is 1. The summed E-state index contributed by atoms with van der Waals surface area (Å²) in [5.41, 5.74) is 0.660. The molecule has 3 rings (SSSR count). The molecule has 29 heavy (non-hydrogen) atoms. The fourth-order valence-corrected chi connectivity index (χ4v) is 4.01. The van der Waals surface area contributed by atoms with Crippen LogP contribution >= 0.6 is 11.3 Å². The molecule has 1 N–H and O–H groups in total. The van der Waals surface area contributed by atoms with E-state index in [-0.39, 0.29) is 12.5 Å². The quantitative estimate of drug-likeness (QED) is 0.797. The number of carbonyl (C=O) groups excluding carboxylic acids is 1. The molecule has 0 saturated carbocycles. The summed E-state index contributed by atoms with van der Waals surface area (Å²) < 4.78 is 38.0. The fraction of sp³-hybridized carbons (Fsp3) is 0.400. The molecule has 1 aromatic carbocycles. The Morgan fingerprint density at radius 3 is 2.48 bits per heavy atom. The van der Waals surface area contributed by atoms with E-state index in [0.717, 1.165) is 43.8 Å². The monoisotopic (exact) mass is 422 g/mol. The first-order chi connectivity index (χ1) is 13.8. The summed E-state index contributed by atoms with van der Waals surface area (Å²) >= 11 is 1.32. The summed E-state index contributed by atoms with van der Waals surface area (Å²) in [4.78, 5) is 16.5. The van der Waals surface area contributed by atoms with Crippen LogP contribution in [0.5, 0.6) is 0 Å². The molecule has 1 amide bonds. The number of alkyl halides is 3. The lowest BCUT2D eigenvalue weighted by molar-refractivity contribution is -0.137. The van der Waals surface area contributed by atoms with Crippen LogP contribution in [0.4, 0.5) is 18.2 Å². The van der Waals surface area contributed by atoms with E-state index in [1.807, 2.05) is 6.07 Å². The van der Waals surface area contributed by atoms with Crippen molar-refractivity contribution in [1.82, 2.24) is 9.80 Å². The van der Waals surface area contributed by atoms with Gasteiger partial charge in [-0.1, -0.05) is 12.1 Å². The SMILES string of the molecule is N#Cc1ccsc1NC(=O)CN1CCCN(Cc2ccc(C(F)(F)F)cc2)CC1. The summed E-state index contributed by atoms with van der Waals surface area (Å²) in [5.74, 6) is -0.153. The number of carbonyl (C=O) groups is 1. The van der Waals surface area contributed by atoms with Crippen LogP contribution < -0.4 is 5.32 Å². The number of anilines is 1. The van der Waals surface area contributed by atoms with Crippen LogP contribution in [0.3, 0.4) is 0 Å². The van der Waals surface area contributed by atoms with E-state index < -0.39 is 11.7 Å². The van der Waals surface area contributed by atoms with Crippen LogP contribution in [0.15, 0.2) is 35.7 Å². The Morgan fingerprint density at radius 2 is 1.79 bits per heavy atom. The van der Waals surface area contributed by atoms with Crippen molar-refractivity contribution in [3.63, 3.8) is 0 Å². The van der Waals surface area contributed by atoms with E-state index >= 15 is 0 Å². The van der Waals surface area contributed by atoms with Gasteiger partial charge in [0.15, 0.2) is 0 Å². The largest absolute Gasteiger partial charge is 0.416 e. The maximum atomic E-state index is 12.7. The number of halogens is 3. The van der Waals surface area contributed by atoms with Crippen molar-refractivity contribution in [2.45, 2.75) is 19.1 Å². The molecule has 0 unspecified atom stereocenters. The maximum Gasteiger partial charge on any atom is 0.416 e. The number of benzene rings is 1. The second-order valence-corrected chi connectivity index (χ2v) is 7.84. The average Bonchev–Trinajstić information content (AvgIpc) is 3.00. The van der Waals surface area contributed by atoms with Crippen molar-refractivity contribution in [3.05, 3.63) is 52.4 Å². The minimum absolute atomic E-state index is 0.153. The zero-order chi connectivity index (χ0) is 20.9. The minimum atomic E-state index is -4.32. The Balaban J connectivity index is 1.49. The summed E-state index contributed by atoms with van der Waals surface area (Å²) in [7, 11) is 0. The Kier molecular flexibility index (Phi) is 6.90. The van der Waals surface area contributed by atoms with E-state index in [1.54, 1.807) is 11.4 Å². The Labute approximate surface area is 171 Å². The Hall–Kier alpha value is -2.41. The third-order valence-electron chi connectivity index (χ3n) is 4.77. The van der Waals surface area contributed by atoms with Gasteiger partial charge in [0.2, 0.25) is 5.91 Å². The summed E-state index contributed by atoms with van der Waals surface area (Å²) in [6.07, 6.45) is -3.45. The average molecular weight is 422 g/mol. The number of hydrogen-bond acceptors (Lipinski definition) is 5. The Morgan fingerprint density at radius 1 is 1.10 bits per heavy atom. The number of nitrogens with one attached hydrogen (secondary N) is 1. The summed E-state index contributed by atoms with van der Waals surface area (Å²) in [6.45, 7) is 3.85. The first-order valence-electron chi connectivity index (χ1n) is 9.23. The van der Waals surface area contributed by atoms with Gasteiger partial charge >= 0.3 is 6.18 Å². The van der Waals surface area contributed by atoms with Crippen LogP contribution in [0.2, 0.25) is 0 Å². The molecule has 1 aromatic heterocycles. The van der Waals surface area contributed by atoms with Gasteiger partial charge in [-0.25, -0.2) is 0 Å². The third kappa shape index (κ3) is 6.03. The lowest BCUT2D eigenvalue weighted by Crippen LogP contribution is -2.36. The molecule has 0 spiro atoms. The molecular formula is C20H21F3N4OS. The normalized spacial score (nSPS) is 16.2. The zero-order valence-electron chi connectivity index (χ0n) is 15.7. The molecule has 1 aliphatic heterocycles. The number of nitrogens with zero attached hydrogens (tertiary/aromatic N) is 3. The van der Waals surface area contributed by atoms with Gasteiger partial charge in [-0.2, -0.15) is 18.4 Å². The van der Waals surface area contributed by atoms with Crippen molar-refractivity contribution in [2.75, 3.05) is 38.0 Å². The first kappa shape index (κ1) is 21.3. The topological polar surface area (TPSA) is 59.4 Å². The predicted octanol–water partition coefficient (Wildman–Crippen LogP) is 3.78. The van der Waals surface area contributed by atoms with Crippen LogP contribution in [-0.4, -0.2) is 48.4 Å². The van der Waals surface area contributed by atoms with Crippen LogP contribution in [0, 0.1) is 11.3 Å². The molecule has 0 aliphatic carbocycles. The highest BCUT2D eigenvalue weighted by Crippen LogP contribution is 2.29. The first-order valence-corrected chi connectivity index (χ1v) is 10.1. The van der Waals surface area contributed by atoms with Gasteiger partial charge in [0, 0.05) is 19.6 Å². The standard InChI is InChI=1S/C20H21F3N4OS/c21-20(22,23)17-4-2-15(3-5-17)13-26-7-1-8-27(10-9-26)14-18(28)25-19-16(12-24)6-11-29-19/h2-6,11H,1,7-10,13-14H2,(H,25,28). The van der Waals surface area contributed by atoms with Gasteiger partial charge in [-0.3, -0.25) is 14.6 Å². The number of nitriles is 1. The summed E-state index contributed by atoms with van der Waals surface area (Å²) in [6, 6.07) is 8.99. The van der Waals surface area contributed by atoms with E-state index in [1.165, 1.54) is 23.5 Å². The lowest BCUT2D eigenvalue weighted by Gasteiger charge is -2.21. The smallest absolute Gasteiger partial charge is 0.315 e. The molecule has 0 bridgehead atoms. The van der Waals surface area contributed by atoms with Gasteiger partial charge in [0.1, 0.15) is 11.1 Å². The molecule has 2 aromatic rings. The second kappa shape index (κ2) is 9.39. The van der Waals surface area contributed by atoms with Crippen molar-refractivity contribution in [2.24, 2.45) is 0 Å². The molecule has 1 fully saturated rings. The fourth-order valence-electron chi connectivity index (χ4n) is 3.26. The lowest BCUT2D eigenvalue weighted by atomic mass is 10.1. The van der Waals surface area contributed by atoms with Crippen LogP contribution in [0.25, 0.3) is 0 Å². The third-order valence-corrected chi connectivity index (χ3v) is 5.60. The van der Waals surface area contributed by atoms with Gasteiger partial charge in [0.25, 0.3) is 0 Å². The van der Waals surface area contributed by atoms with Crippen molar-refractivity contribution in [3.8, 4) is 6.07 Å². The number of rotatable bonds is 5. The van der Waals surface area contributed by atoms with Gasteiger partial charge in [-0.15, -0.1) is 11.3 Å². The van der Waals surface area contributed by atoms with Crippen LogP contribution in [0.1, 0.15) is 23.1 Å². The van der Waals surface area contributed by atoms with Gasteiger partial charge in [-0.05, 0) is 48.7 Å². The zero-order valence-corrected chi connectivity index (χ0v) is 16.5. The summed E-state index contributed by atoms with van der Waals surface area (Å²) in [5, 5.41) is 14.1. The molecule has 1 aliphatic rings. The van der Waals surface area contributed by atoms with Crippen LogP contribution in [-0.2, 0) is 17.5 Å². The molecular weight excluding hydrogens is 401 g/mol. The molecule has 1 saturated heterocycles. The molecule has 5 nitrogen and oxygen atoms in total. The molecule has 0 atom stereocenters. The number of amides is 1. The van der Waals surface area contributed by atoms with Crippen molar-refractivity contribution >= 4 is 22.2 Å². The highest BCUT2D eigenvalue weighted by Gasteiger charge is 2.30. The minimum Gasteiger partial charge on any atom is -0.315 e. The highest BCUT2D eigenvalue weighted by atomic mass is 32.1. The molecule has 154 valence electrons. The van der Waals surface area contributed by atoms with Crippen molar-refractivity contribution < 1.29 is 18.0 Å². The molecule has 0 radical (unpaired) electrons. The molecule has 9 heteroatoms. The van der Waals surface area contributed by atoms with E-state index in [2.05, 4.69) is 15.1 Å². The predicted molar refractivity (Wildman–Crippen MR) is 105 cm³/mol. The van der Waals surface area contributed by atoms with E-state index in [0.29, 0.717) is 23.7 Å². The number of thiophene rings is 1. The van der Waals surface area contributed by atoms with Gasteiger partial charge < -0.3 is 5.32 Å². The van der Waals surface area contributed by atoms with Crippen molar-refractivity contribution in [1.29, 1.82) is 5.26 Å². The maximum absolute atomic E-state index is 12.7. The van der Waals surface area contributed by atoms with Gasteiger partial charge in [0.05, 0.1) is 17.7 Å². The highest BCUT2D eigenvalue weighted by molar-refractivity contribution is 7.14. The molecule has 2 heterocycles. The Bertz CT molecular complexity index is 873.